The van der Waals surface area contributed by atoms with Crippen molar-refractivity contribution < 1.29 is 4.74 Å². The highest BCUT2D eigenvalue weighted by atomic mass is 32.1. The molecule has 3 aromatic carbocycles. The van der Waals surface area contributed by atoms with Gasteiger partial charge in [-0.25, -0.2) is 5.32 Å². The first-order chi connectivity index (χ1) is 15.2. The predicted octanol–water partition coefficient (Wildman–Crippen LogP) is 5.25. The van der Waals surface area contributed by atoms with Gasteiger partial charge in [0, 0.05) is 29.4 Å². The van der Waals surface area contributed by atoms with Crippen LogP contribution in [0.4, 0.5) is 17.1 Å². The van der Waals surface area contributed by atoms with Crippen molar-refractivity contribution in [2.75, 3.05) is 23.4 Å². The smallest absolute Gasteiger partial charge is 0.197 e. The van der Waals surface area contributed by atoms with E-state index in [1.54, 1.807) is 0 Å². The Kier molecular flexibility index (Phi) is 4.25. The molecule has 0 saturated heterocycles. The molecule has 0 bridgehead atoms. The van der Waals surface area contributed by atoms with Crippen LogP contribution in [0.2, 0.25) is 0 Å². The summed E-state index contributed by atoms with van der Waals surface area (Å²) in [6.07, 6.45) is 1.88. The van der Waals surface area contributed by atoms with Gasteiger partial charge in [0.15, 0.2) is 5.11 Å². The predicted molar refractivity (Wildman–Crippen MR) is 128 cm³/mol. The topological polar surface area (TPSA) is 51.5 Å². The lowest BCUT2D eigenvalue weighted by Crippen LogP contribution is -2.25. The number of nitrogens with one attached hydrogen (secondary N) is 1. The van der Waals surface area contributed by atoms with Gasteiger partial charge in [-0.15, -0.1) is 0 Å². The number of pyridine rings is 1. The van der Waals surface area contributed by atoms with Crippen LogP contribution in [0.1, 0.15) is 5.56 Å². The maximum Gasteiger partial charge on any atom is 0.197 e. The van der Waals surface area contributed by atoms with Crippen LogP contribution in [0, 0.1) is 0 Å². The van der Waals surface area contributed by atoms with Crippen molar-refractivity contribution in [3.8, 4) is 16.9 Å². The Balaban J connectivity index is 1.37. The highest BCUT2D eigenvalue weighted by molar-refractivity contribution is 7.80. The zero-order valence-corrected chi connectivity index (χ0v) is 17.5. The second-order valence-corrected chi connectivity index (χ2v) is 8.10. The van der Waals surface area contributed by atoms with Gasteiger partial charge in [-0.2, -0.15) is 0 Å². The van der Waals surface area contributed by atoms with E-state index in [4.69, 9.17) is 17.0 Å². The van der Waals surface area contributed by atoms with Crippen LogP contribution in [-0.4, -0.2) is 23.2 Å². The number of thiocarbonyl (C=S) groups is 1. The minimum atomic E-state index is 0.516. The SMILES string of the molecule is S=C1[N]c2cc(-c3ccc4c(c3)CN(c3ccnc5ccccc35)CCO4)ccc2N1. The molecule has 6 rings (SSSR count). The molecule has 0 saturated carbocycles. The molecule has 0 aliphatic carbocycles. The Hall–Kier alpha value is -3.64. The second kappa shape index (κ2) is 7.25. The van der Waals surface area contributed by atoms with Crippen LogP contribution >= 0.6 is 12.2 Å². The molecule has 4 aromatic rings. The number of para-hydroxylation sites is 1. The highest BCUT2D eigenvalue weighted by Crippen LogP contribution is 2.36. The van der Waals surface area contributed by atoms with E-state index in [-0.39, 0.29) is 0 Å². The molecule has 5 nitrogen and oxygen atoms in total. The van der Waals surface area contributed by atoms with Crippen molar-refractivity contribution in [3.63, 3.8) is 0 Å². The van der Waals surface area contributed by atoms with Crippen LogP contribution in [0.25, 0.3) is 22.0 Å². The largest absolute Gasteiger partial charge is 0.491 e. The molecule has 2 aliphatic rings. The fourth-order valence-corrected chi connectivity index (χ4v) is 4.51. The van der Waals surface area contributed by atoms with Gasteiger partial charge >= 0.3 is 0 Å². The molecule has 2 aliphatic heterocycles. The molecule has 0 unspecified atom stereocenters. The molecule has 0 fully saturated rings. The van der Waals surface area contributed by atoms with E-state index >= 15 is 0 Å². The molecule has 0 spiro atoms. The first kappa shape index (κ1) is 18.2. The van der Waals surface area contributed by atoms with Crippen molar-refractivity contribution in [1.29, 1.82) is 0 Å². The number of ether oxygens (including phenoxy) is 1. The summed E-state index contributed by atoms with van der Waals surface area (Å²) < 4.78 is 6.09. The maximum atomic E-state index is 6.09. The second-order valence-electron chi connectivity index (χ2n) is 7.71. The van der Waals surface area contributed by atoms with E-state index in [1.807, 2.05) is 18.3 Å². The van der Waals surface area contributed by atoms with Crippen molar-refractivity contribution in [2.45, 2.75) is 6.54 Å². The Morgan fingerprint density at radius 1 is 0.968 bits per heavy atom. The first-order valence-electron chi connectivity index (χ1n) is 10.3. The Morgan fingerprint density at radius 3 is 2.81 bits per heavy atom. The van der Waals surface area contributed by atoms with Crippen molar-refractivity contribution in [1.82, 2.24) is 10.3 Å². The minimum Gasteiger partial charge on any atom is -0.491 e. The number of nitrogens with zero attached hydrogens (tertiary/aromatic N) is 3. The van der Waals surface area contributed by atoms with Crippen molar-refractivity contribution in [3.05, 3.63) is 78.5 Å². The minimum absolute atomic E-state index is 0.516. The molecule has 1 aromatic heterocycles. The number of anilines is 2. The average Bonchev–Trinajstić information content (AvgIpc) is 3.04. The Morgan fingerprint density at radius 2 is 1.84 bits per heavy atom. The standard InChI is InChI=1S/C25H19N4OS/c31-25-27-21-7-5-17(14-22(21)28-25)16-6-8-24-18(13-16)15-29(11-12-30-24)23-9-10-26-20-4-2-1-3-19(20)23/h1-10,13-14H,11-12,15H2,(H,27,31). The molecular formula is C25H19N4OS. The van der Waals surface area contributed by atoms with Gasteiger partial charge in [-0.3, -0.25) is 4.98 Å². The molecular weight excluding hydrogens is 404 g/mol. The van der Waals surface area contributed by atoms with Crippen LogP contribution in [-0.2, 0) is 6.54 Å². The van der Waals surface area contributed by atoms with E-state index in [0.29, 0.717) is 11.7 Å². The van der Waals surface area contributed by atoms with E-state index in [0.717, 1.165) is 52.2 Å². The van der Waals surface area contributed by atoms with E-state index in [1.165, 1.54) is 11.3 Å². The summed E-state index contributed by atoms with van der Waals surface area (Å²) in [7, 11) is 0. The van der Waals surface area contributed by atoms with Gasteiger partial charge in [0.05, 0.1) is 23.4 Å². The van der Waals surface area contributed by atoms with Crippen molar-refractivity contribution >= 4 is 45.3 Å². The summed E-state index contributed by atoms with van der Waals surface area (Å²) in [5.41, 5.74) is 7.46. The van der Waals surface area contributed by atoms with Crippen LogP contribution in [0.5, 0.6) is 5.75 Å². The van der Waals surface area contributed by atoms with Gasteiger partial charge in [-0.05, 0) is 59.7 Å². The molecule has 31 heavy (non-hydrogen) atoms. The summed E-state index contributed by atoms with van der Waals surface area (Å²) >= 11 is 5.17. The summed E-state index contributed by atoms with van der Waals surface area (Å²) in [6, 6.07) is 23.0. The number of rotatable bonds is 2. The normalized spacial score (nSPS) is 14.8. The zero-order valence-electron chi connectivity index (χ0n) is 16.7. The van der Waals surface area contributed by atoms with Crippen LogP contribution < -0.4 is 20.3 Å². The number of hydrogen-bond donors (Lipinski definition) is 1. The summed E-state index contributed by atoms with van der Waals surface area (Å²) in [5, 5.41) is 9.19. The number of aromatic nitrogens is 1. The number of benzene rings is 3. The Labute approximate surface area is 185 Å². The van der Waals surface area contributed by atoms with E-state index < -0.39 is 0 Å². The van der Waals surface area contributed by atoms with Gasteiger partial charge in [-0.1, -0.05) is 30.3 Å². The lowest BCUT2D eigenvalue weighted by Gasteiger charge is -2.23. The monoisotopic (exact) mass is 423 g/mol. The Bertz CT molecular complexity index is 1330. The lowest BCUT2D eigenvalue weighted by atomic mass is 10.0. The van der Waals surface area contributed by atoms with E-state index in [9.17, 15) is 0 Å². The number of fused-ring (bicyclic) bond motifs is 3. The third-order valence-electron chi connectivity index (χ3n) is 5.80. The molecule has 151 valence electrons. The van der Waals surface area contributed by atoms with Crippen LogP contribution in [0.3, 0.4) is 0 Å². The molecule has 0 amide bonds. The van der Waals surface area contributed by atoms with Crippen molar-refractivity contribution in [2.24, 2.45) is 0 Å². The highest BCUT2D eigenvalue weighted by Gasteiger charge is 2.20. The number of hydrogen-bond acceptors (Lipinski definition) is 4. The van der Waals surface area contributed by atoms with E-state index in [2.05, 4.69) is 75.1 Å². The van der Waals surface area contributed by atoms with Gasteiger partial charge in [0.25, 0.3) is 0 Å². The quantitative estimate of drug-likeness (QED) is 0.447. The fraction of sp³-hybridized carbons (Fsp3) is 0.120. The molecule has 1 N–H and O–H groups in total. The third-order valence-corrected chi connectivity index (χ3v) is 6.00. The molecule has 0 atom stereocenters. The first-order valence-corrected chi connectivity index (χ1v) is 10.7. The summed E-state index contributed by atoms with van der Waals surface area (Å²) in [5.74, 6) is 0.943. The van der Waals surface area contributed by atoms with Crippen LogP contribution in [0.15, 0.2) is 72.9 Å². The van der Waals surface area contributed by atoms with Gasteiger partial charge in [0.2, 0.25) is 0 Å². The fourth-order valence-electron chi connectivity index (χ4n) is 4.30. The zero-order chi connectivity index (χ0) is 20.8. The maximum absolute atomic E-state index is 6.09. The third kappa shape index (κ3) is 3.25. The summed E-state index contributed by atoms with van der Waals surface area (Å²) in [4.78, 5) is 6.89. The lowest BCUT2D eigenvalue weighted by molar-refractivity contribution is 0.332. The summed E-state index contributed by atoms with van der Waals surface area (Å²) in [6.45, 7) is 2.24. The molecule has 6 heteroatoms. The average molecular weight is 424 g/mol. The molecule has 3 heterocycles. The van der Waals surface area contributed by atoms with Gasteiger partial charge in [0.1, 0.15) is 12.4 Å². The molecule has 1 radical (unpaired) electrons. The van der Waals surface area contributed by atoms with Gasteiger partial charge < -0.3 is 15.0 Å².